The number of hydrogen-bond donors (Lipinski definition) is 2. The Morgan fingerprint density at radius 2 is 1.96 bits per heavy atom. The summed E-state index contributed by atoms with van der Waals surface area (Å²) in [6.07, 6.45) is 0.0353. The third kappa shape index (κ3) is 4.94. The molecule has 8 heteroatoms. The number of carboxylic acids is 1. The van der Waals surface area contributed by atoms with Crippen LogP contribution in [-0.4, -0.2) is 33.2 Å². The normalized spacial score (nSPS) is 10.3. The van der Waals surface area contributed by atoms with Crippen LogP contribution in [0.5, 0.6) is 5.88 Å². The summed E-state index contributed by atoms with van der Waals surface area (Å²) in [6, 6.07) is 9.16. The van der Waals surface area contributed by atoms with E-state index in [1.54, 1.807) is 13.8 Å². The van der Waals surface area contributed by atoms with Crippen LogP contribution in [0.2, 0.25) is 0 Å². The van der Waals surface area contributed by atoms with E-state index in [4.69, 9.17) is 14.6 Å². The molecule has 24 heavy (non-hydrogen) atoms. The van der Waals surface area contributed by atoms with Crippen LogP contribution >= 0.6 is 0 Å². The van der Waals surface area contributed by atoms with E-state index in [2.05, 4.69) is 15.3 Å². The molecule has 0 aliphatic heterocycles. The van der Waals surface area contributed by atoms with Gasteiger partial charge in [0.25, 0.3) is 0 Å². The summed E-state index contributed by atoms with van der Waals surface area (Å²) in [4.78, 5) is 30.6. The lowest BCUT2D eigenvalue weighted by Gasteiger charge is -2.12. The van der Waals surface area contributed by atoms with Gasteiger partial charge in [0.1, 0.15) is 12.2 Å². The zero-order valence-corrected chi connectivity index (χ0v) is 13.2. The third-order valence-corrected chi connectivity index (χ3v) is 2.76. The number of carbonyl (C=O) groups is 2. The van der Waals surface area contributed by atoms with Gasteiger partial charge in [-0.1, -0.05) is 30.3 Å². The largest absolute Gasteiger partial charge is 0.477 e. The average molecular weight is 331 g/mol. The molecule has 0 radical (unpaired) electrons. The number of nitrogens with zero attached hydrogens (tertiary/aromatic N) is 2. The minimum absolute atomic E-state index is 0.0925. The molecule has 2 N–H and O–H groups in total. The van der Waals surface area contributed by atoms with Gasteiger partial charge in [-0.2, -0.15) is 4.98 Å². The number of aromatic nitrogens is 2. The molecule has 0 saturated heterocycles. The Balaban J connectivity index is 2.03. The zero-order valence-electron chi connectivity index (χ0n) is 13.2. The van der Waals surface area contributed by atoms with E-state index < -0.39 is 12.1 Å². The molecular formula is C16H17N3O5. The smallest absolute Gasteiger partial charge is 0.414 e. The number of benzene rings is 1. The van der Waals surface area contributed by atoms with Gasteiger partial charge in [0.15, 0.2) is 0 Å². The summed E-state index contributed by atoms with van der Waals surface area (Å²) in [5, 5.41) is 11.4. The standard InChI is InChI=1S/C16H17N3O5/c1-10(2)24-13-12(14(20)21)8-17-15(18-13)19-16(22)23-9-11-6-4-3-5-7-11/h3-8,10H,9H2,1-2H3,(H,20,21)(H,17,18,19,22). The lowest BCUT2D eigenvalue weighted by Crippen LogP contribution is -2.18. The molecule has 2 rings (SSSR count). The van der Waals surface area contributed by atoms with Crippen LogP contribution in [0.15, 0.2) is 36.5 Å². The first kappa shape index (κ1) is 17.2. The van der Waals surface area contributed by atoms with Crippen molar-refractivity contribution in [2.75, 3.05) is 5.32 Å². The Labute approximate surface area is 138 Å². The van der Waals surface area contributed by atoms with E-state index in [9.17, 15) is 9.59 Å². The maximum atomic E-state index is 11.8. The van der Waals surface area contributed by atoms with E-state index in [0.717, 1.165) is 11.8 Å². The van der Waals surface area contributed by atoms with Crippen molar-refractivity contribution in [3.05, 3.63) is 47.7 Å². The van der Waals surface area contributed by atoms with Gasteiger partial charge in [0, 0.05) is 0 Å². The number of nitrogens with one attached hydrogen (secondary N) is 1. The van der Waals surface area contributed by atoms with Crippen LogP contribution < -0.4 is 10.1 Å². The first-order valence-electron chi connectivity index (χ1n) is 7.20. The van der Waals surface area contributed by atoms with Crippen LogP contribution in [0.4, 0.5) is 10.7 Å². The van der Waals surface area contributed by atoms with Gasteiger partial charge in [-0.05, 0) is 19.4 Å². The monoisotopic (exact) mass is 331 g/mol. The van der Waals surface area contributed by atoms with Gasteiger partial charge in [0.2, 0.25) is 11.8 Å². The number of anilines is 1. The van der Waals surface area contributed by atoms with E-state index in [0.29, 0.717) is 0 Å². The summed E-state index contributed by atoms with van der Waals surface area (Å²) in [5.41, 5.74) is 0.644. The van der Waals surface area contributed by atoms with Gasteiger partial charge in [-0.15, -0.1) is 0 Å². The molecule has 0 bridgehead atoms. The molecule has 126 valence electrons. The third-order valence-electron chi connectivity index (χ3n) is 2.76. The predicted molar refractivity (Wildman–Crippen MR) is 85.0 cm³/mol. The predicted octanol–water partition coefficient (Wildman–Crippen LogP) is 2.71. The van der Waals surface area contributed by atoms with Crippen LogP contribution in [0, 0.1) is 0 Å². The number of carboxylic acid groups (broad SMARTS) is 1. The van der Waals surface area contributed by atoms with Gasteiger partial charge in [-0.3, -0.25) is 5.32 Å². The number of aromatic carboxylic acids is 1. The van der Waals surface area contributed by atoms with Crippen LogP contribution in [0.25, 0.3) is 0 Å². The Morgan fingerprint density at radius 3 is 2.58 bits per heavy atom. The molecule has 1 amide bonds. The second kappa shape index (κ2) is 7.91. The van der Waals surface area contributed by atoms with Crippen molar-refractivity contribution >= 4 is 18.0 Å². The second-order valence-corrected chi connectivity index (χ2v) is 5.07. The molecule has 0 atom stereocenters. The molecule has 0 spiro atoms. The van der Waals surface area contributed by atoms with Crippen molar-refractivity contribution in [3.8, 4) is 5.88 Å². The van der Waals surface area contributed by atoms with Crippen LogP contribution in [0.3, 0.4) is 0 Å². The maximum absolute atomic E-state index is 11.8. The Hall–Kier alpha value is -3.16. The Kier molecular flexibility index (Phi) is 5.67. The van der Waals surface area contributed by atoms with Crippen molar-refractivity contribution in [2.45, 2.75) is 26.6 Å². The number of hydrogen-bond acceptors (Lipinski definition) is 6. The summed E-state index contributed by atoms with van der Waals surface area (Å²) < 4.78 is 10.4. The highest BCUT2D eigenvalue weighted by Crippen LogP contribution is 2.18. The lowest BCUT2D eigenvalue weighted by atomic mass is 10.2. The van der Waals surface area contributed by atoms with Gasteiger partial charge < -0.3 is 14.6 Å². The zero-order chi connectivity index (χ0) is 17.5. The molecule has 1 heterocycles. The minimum Gasteiger partial charge on any atom is -0.477 e. The van der Waals surface area contributed by atoms with E-state index in [1.165, 1.54) is 0 Å². The highest BCUT2D eigenvalue weighted by Gasteiger charge is 2.17. The molecule has 8 nitrogen and oxygen atoms in total. The van der Waals surface area contributed by atoms with Crippen molar-refractivity contribution in [3.63, 3.8) is 0 Å². The van der Waals surface area contributed by atoms with Crippen molar-refractivity contribution < 1.29 is 24.2 Å². The Morgan fingerprint density at radius 1 is 1.25 bits per heavy atom. The molecule has 0 aliphatic rings. The van der Waals surface area contributed by atoms with E-state index >= 15 is 0 Å². The number of amides is 1. The summed E-state index contributed by atoms with van der Waals surface area (Å²) in [6.45, 7) is 3.55. The fraction of sp³-hybridized carbons (Fsp3) is 0.250. The number of rotatable bonds is 6. The quantitative estimate of drug-likeness (QED) is 0.837. The van der Waals surface area contributed by atoms with Gasteiger partial charge in [0.05, 0.1) is 12.3 Å². The number of carbonyl (C=O) groups excluding carboxylic acids is 1. The summed E-state index contributed by atoms with van der Waals surface area (Å²) >= 11 is 0. The summed E-state index contributed by atoms with van der Waals surface area (Å²) in [7, 11) is 0. The first-order chi connectivity index (χ1) is 11.5. The van der Waals surface area contributed by atoms with E-state index in [1.807, 2.05) is 30.3 Å². The van der Waals surface area contributed by atoms with Crippen molar-refractivity contribution in [2.24, 2.45) is 0 Å². The van der Waals surface area contributed by atoms with Crippen LogP contribution in [-0.2, 0) is 11.3 Å². The molecule has 0 saturated carbocycles. The van der Waals surface area contributed by atoms with E-state index in [-0.39, 0.29) is 30.1 Å². The lowest BCUT2D eigenvalue weighted by molar-refractivity contribution is 0.0688. The number of ether oxygens (including phenoxy) is 2. The maximum Gasteiger partial charge on any atom is 0.414 e. The highest BCUT2D eigenvalue weighted by molar-refractivity contribution is 5.90. The highest BCUT2D eigenvalue weighted by atomic mass is 16.5. The minimum atomic E-state index is -1.22. The second-order valence-electron chi connectivity index (χ2n) is 5.07. The molecule has 1 aromatic heterocycles. The molecule has 1 aromatic carbocycles. The molecule has 0 fully saturated rings. The van der Waals surface area contributed by atoms with Gasteiger partial charge >= 0.3 is 12.1 Å². The SMILES string of the molecule is CC(C)Oc1nc(NC(=O)OCc2ccccc2)ncc1C(=O)O. The topological polar surface area (TPSA) is 111 Å². The molecular weight excluding hydrogens is 314 g/mol. The molecule has 2 aromatic rings. The first-order valence-corrected chi connectivity index (χ1v) is 7.20. The van der Waals surface area contributed by atoms with Crippen molar-refractivity contribution in [1.29, 1.82) is 0 Å². The molecule has 0 aliphatic carbocycles. The Bertz CT molecular complexity index is 719. The average Bonchev–Trinajstić information content (AvgIpc) is 2.53. The van der Waals surface area contributed by atoms with Gasteiger partial charge in [-0.25, -0.2) is 14.6 Å². The molecule has 0 unspecified atom stereocenters. The van der Waals surface area contributed by atoms with Crippen LogP contribution in [0.1, 0.15) is 29.8 Å². The fourth-order valence-corrected chi connectivity index (χ4v) is 1.74. The van der Waals surface area contributed by atoms with Crippen molar-refractivity contribution in [1.82, 2.24) is 9.97 Å². The summed E-state index contributed by atoms with van der Waals surface area (Å²) in [5.74, 6) is -1.44. The fourth-order valence-electron chi connectivity index (χ4n) is 1.74.